The van der Waals surface area contributed by atoms with Gasteiger partial charge in [-0.3, -0.25) is 14.7 Å². The summed E-state index contributed by atoms with van der Waals surface area (Å²) >= 11 is 1.48. The summed E-state index contributed by atoms with van der Waals surface area (Å²) in [6.45, 7) is 2.97. The number of fused-ring (bicyclic) bond motifs is 1. The van der Waals surface area contributed by atoms with Crippen LogP contribution >= 0.6 is 11.3 Å². The third-order valence-corrected chi connectivity index (χ3v) is 5.26. The van der Waals surface area contributed by atoms with Crippen molar-refractivity contribution in [2.45, 2.75) is 13.5 Å². The quantitative estimate of drug-likeness (QED) is 0.469. The van der Waals surface area contributed by atoms with Gasteiger partial charge in [-0.25, -0.2) is 4.98 Å². The summed E-state index contributed by atoms with van der Waals surface area (Å²) in [6.07, 6.45) is 3.49. The third kappa shape index (κ3) is 3.87. The van der Waals surface area contributed by atoms with E-state index >= 15 is 0 Å². The van der Waals surface area contributed by atoms with Gasteiger partial charge in [0.1, 0.15) is 5.75 Å². The summed E-state index contributed by atoms with van der Waals surface area (Å²) in [7, 11) is 0. The maximum Gasteiger partial charge on any atom is 0.260 e. The molecule has 0 bridgehead atoms. The summed E-state index contributed by atoms with van der Waals surface area (Å²) in [5.74, 6) is 0.715. The first-order valence-electron chi connectivity index (χ1n) is 9.04. The van der Waals surface area contributed by atoms with E-state index < -0.39 is 0 Å². The number of benzene rings is 2. The highest BCUT2D eigenvalue weighted by molar-refractivity contribution is 7.22. The van der Waals surface area contributed by atoms with Crippen LogP contribution in [0.4, 0.5) is 5.13 Å². The molecule has 2 heterocycles. The van der Waals surface area contributed by atoms with Crippen LogP contribution in [-0.4, -0.2) is 22.5 Å². The van der Waals surface area contributed by atoms with Crippen LogP contribution in [0, 0.1) is 0 Å². The monoisotopic (exact) mass is 389 g/mol. The molecule has 140 valence electrons. The van der Waals surface area contributed by atoms with E-state index in [0.29, 0.717) is 23.8 Å². The topological polar surface area (TPSA) is 55.3 Å². The minimum Gasteiger partial charge on any atom is -0.494 e. The standard InChI is InChI=1S/C22H19N3O2S/c1-2-27-18-10-11-19-20(13-18)28-22(24-19)25(15-16-7-6-12-23-14-16)21(26)17-8-4-3-5-9-17/h3-14H,2,15H2,1H3. The minimum absolute atomic E-state index is 0.0893. The van der Waals surface area contributed by atoms with Crippen LogP contribution in [0.3, 0.4) is 0 Å². The van der Waals surface area contributed by atoms with Crippen LogP contribution < -0.4 is 9.64 Å². The smallest absolute Gasteiger partial charge is 0.260 e. The van der Waals surface area contributed by atoms with Gasteiger partial charge in [0.05, 0.1) is 23.4 Å². The van der Waals surface area contributed by atoms with Gasteiger partial charge in [0.2, 0.25) is 0 Å². The molecule has 0 aliphatic rings. The number of carbonyl (C=O) groups excluding carboxylic acids is 1. The number of hydrogen-bond acceptors (Lipinski definition) is 5. The van der Waals surface area contributed by atoms with Crippen molar-refractivity contribution in [3.63, 3.8) is 0 Å². The van der Waals surface area contributed by atoms with Crippen molar-refractivity contribution in [3.8, 4) is 5.75 Å². The van der Waals surface area contributed by atoms with Gasteiger partial charge < -0.3 is 4.74 Å². The molecular formula is C22H19N3O2S. The normalized spacial score (nSPS) is 10.8. The summed E-state index contributed by atoms with van der Waals surface area (Å²) in [6, 6.07) is 18.9. The fourth-order valence-electron chi connectivity index (χ4n) is 2.90. The fraction of sp³-hybridized carbons (Fsp3) is 0.136. The maximum atomic E-state index is 13.2. The largest absolute Gasteiger partial charge is 0.494 e. The van der Waals surface area contributed by atoms with Crippen LogP contribution in [0.5, 0.6) is 5.75 Å². The van der Waals surface area contributed by atoms with Crippen LogP contribution in [-0.2, 0) is 6.54 Å². The minimum atomic E-state index is -0.0893. The number of rotatable bonds is 6. The lowest BCUT2D eigenvalue weighted by Crippen LogP contribution is -2.30. The molecule has 0 atom stereocenters. The molecule has 28 heavy (non-hydrogen) atoms. The molecule has 4 aromatic rings. The molecule has 0 saturated heterocycles. The second kappa shape index (κ2) is 8.19. The van der Waals surface area contributed by atoms with Crippen molar-refractivity contribution >= 4 is 32.6 Å². The second-order valence-corrected chi connectivity index (χ2v) is 7.19. The zero-order valence-electron chi connectivity index (χ0n) is 15.4. The Morgan fingerprint density at radius 1 is 1.11 bits per heavy atom. The van der Waals surface area contributed by atoms with Crippen LogP contribution in [0.1, 0.15) is 22.8 Å². The average molecular weight is 389 g/mol. The molecule has 0 radical (unpaired) electrons. The van der Waals surface area contributed by atoms with E-state index in [-0.39, 0.29) is 5.91 Å². The SMILES string of the molecule is CCOc1ccc2nc(N(Cc3cccnc3)C(=O)c3ccccc3)sc2c1. The number of nitrogens with zero attached hydrogens (tertiary/aromatic N) is 3. The number of aromatic nitrogens is 2. The Hall–Kier alpha value is -3.25. The van der Waals surface area contributed by atoms with Crippen molar-refractivity contribution in [2.75, 3.05) is 11.5 Å². The zero-order valence-corrected chi connectivity index (χ0v) is 16.2. The molecule has 5 nitrogen and oxygen atoms in total. The van der Waals surface area contributed by atoms with Crippen molar-refractivity contribution in [2.24, 2.45) is 0 Å². The summed E-state index contributed by atoms with van der Waals surface area (Å²) in [4.78, 5) is 23.8. The number of ether oxygens (including phenoxy) is 1. The molecule has 2 aromatic heterocycles. The maximum absolute atomic E-state index is 13.2. The molecule has 0 saturated carbocycles. The number of thiazole rings is 1. The van der Waals surface area contributed by atoms with Gasteiger partial charge in [-0.2, -0.15) is 0 Å². The van der Waals surface area contributed by atoms with E-state index in [1.807, 2.05) is 67.6 Å². The van der Waals surface area contributed by atoms with Crippen LogP contribution in [0.15, 0.2) is 73.1 Å². The van der Waals surface area contributed by atoms with E-state index in [4.69, 9.17) is 9.72 Å². The fourth-order valence-corrected chi connectivity index (χ4v) is 3.89. The van der Waals surface area contributed by atoms with Gasteiger partial charge in [-0.05, 0) is 48.9 Å². The van der Waals surface area contributed by atoms with Gasteiger partial charge in [0, 0.05) is 18.0 Å². The predicted molar refractivity (Wildman–Crippen MR) is 112 cm³/mol. The molecule has 2 aromatic carbocycles. The van der Waals surface area contributed by atoms with Crippen molar-refractivity contribution in [3.05, 3.63) is 84.2 Å². The van der Waals surface area contributed by atoms with Gasteiger partial charge in [0.15, 0.2) is 5.13 Å². The third-order valence-electron chi connectivity index (χ3n) is 4.22. The first-order chi connectivity index (χ1) is 13.7. The lowest BCUT2D eigenvalue weighted by atomic mass is 10.2. The molecular weight excluding hydrogens is 370 g/mol. The number of pyridine rings is 1. The van der Waals surface area contributed by atoms with E-state index in [0.717, 1.165) is 21.5 Å². The summed E-state index contributed by atoms with van der Waals surface area (Å²) in [5.41, 5.74) is 2.42. The van der Waals surface area contributed by atoms with Gasteiger partial charge in [0.25, 0.3) is 5.91 Å². The number of amides is 1. The molecule has 0 unspecified atom stereocenters. The lowest BCUT2D eigenvalue weighted by molar-refractivity contribution is 0.0985. The Kier molecular flexibility index (Phi) is 5.30. The number of carbonyl (C=O) groups is 1. The number of anilines is 1. The van der Waals surface area contributed by atoms with Crippen LogP contribution in [0.2, 0.25) is 0 Å². The van der Waals surface area contributed by atoms with Gasteiger partial charge >= 0.3 is 0 Å². The van der Waals surface area contributed by atoms with E-state index in [1.54, 1.807) is 17.3 Å². The first-order valence-corrected chi connectivity index (χ1v) is 9.85. The van der Waals surface area contributed by atoms with Crippen LogP contribution in [0.25, 0.3) is 10.2 Å². The van der Waals surface area contributed by atoms with Gasteiger partial charge in [-0.1, -0.05) is 35.6 Å². The summed E-state index contributed by atoms with van der Waals surface area (Å²) in [5, 5.41) is 0.654. The number of hydrogen-bond donors (Lipinski definition) is 0. The molecule has 0 aliphatic carbocycles. The Bertz CT molecular complexity index is 1080. The Balaban J connectivity index is 1.74. The zero-order chi connectivity index (χ0) is 19.3. The van der Waals surface area contributed by atoms with Crippen molar-refractivity contribution < 1.29 is 9.53 Å². The molecule has 1 amide bonds. The molecule has 0 fully saturated rings. The Labute approximate surface area is 167 Å². The molecule has 6 heteroatoms. The van der Waals surface area contributed by atoms with Gasteiger partial charge in [-0.15, -0.1) is 0 Å². The van der Waals surface area contributed by atoms with E-state index in [9.17, 15) is 4.79 Å². The molecule has 4 rings (SSSR count). The van der Waals surface area contributed by atoms with E-state index in [2.05, 4.69) is 4.98 Å². The first kappa shape index (κ1) is 18.1. The highest BCUT2D eigenvalue weighted by Gasteiger charge is 2.22. The molecule has 0 N–H and O–H groups in total. The van der Waals surface area contributed by atoms with Crippen molar-refractivity contribution in [1.82, 2.24) is 9.97 Å². The second-order valence-electron chi connectivity index (χ2n) is 6.18. The predicted octanol–water partition coefficient (Wildman–Crippen LogP) is 4.94. The molecule has 0 spiro atoms. The Morgan fingerprint density at radius 2 is 1.96 bits per heavy atom. The van der Waals surface area contributed by atoms with E-state index in [1.165, 1.54) is 11.3 Å². The van der Waals surface area contributed by atoms with Crippen molar-refractivity contribution in [1.29, 1.82) is 0 Å². The Morgan fingerprint density at radius 3 is 2.71 bits per heavy atom. The average Bonchev–Trinajstić information content (AvgIpc) is 3.16. The highest BCUT2D eigenvalue weighted by Crippen LogP contribution is 2.33. The lowest BCUT2D eigenvalue weighted by Gasteiger charge is -2.20. The summed E-state index contributed by atoms with van der Waals surface area (Å²) < 4.78 is 6.57. The highest BCUT2D eigenvalue weighted by atomic mass is 32.1. The molecule has 0 aliphatic heterocycles.